The van der Waals surface area contributed by atoms with E-state index in [2.05, 4.69) is 5.32 Å². The van der Waals surface area contributed by atoms with Crippen molar-refractivity contribution in [2.45, 2.75) is 31.2 Å². The second kappa shape index (κ2) is 4.68. The van der Waals surface area contributed by atoms with Crippen molar-refractivity contribution < 1.29 is 19.8 Å². The molecule has 0 spiro atoms. The number of carbonyl (C=O) groups is 2. The number of carboxylic acids is 1. The minimum absolute atomic E-state index is 0.102. The predicted molar refractivity (Wildman–Crippen MR) is 64.4 cm³/mol. The van der Waals surface area contributed by atoms with Gasteiger partial charge in [0.05, 0.1) is 5.56 Å². The van der Waals surface area contributed by atoms with Gasteiger partial charge in [-0.3, -0.25) is 4.79 Å². The number of carbonyl (C=O) groups excluding carboxylic acids is 1. The summed E-state index contributed by atoms with van der Waals surface area (Å²) < 4.78 is 0. The molecule has 0 radical (unpaired) electrons. The van der Waals surface area contributed by atoms with Crippen molar-refractivity contribution in [1.82, 2.24) is 5.32 Å². The molecule has 1 fully saturated rings. The average molecular weight is 249 g/mol. The minimum atomic E-state index is -1.18. The number of amides is 1. The van der Waals surface area contributed by atoms with Crippen LogP contribution in [0.4, 0.5) is 0 Å². The first-order chi connectivity index (χ1) is 8.55. The van der Waals surface area contributed by atoms with E-state index in [0.717, 1.165) is 12.8 Å². The standard InChI is InChI=1S/C13H15NO4/c15-10-6-2-1-5-9(10)11(16)14-13(12(17)18)7-3-4-8-13/h1-2,5-6,15H,3-4,7-8H2,(H,14,16)(H,17,18). The Kier molecular flexibility index (Phi) is 3.23. The van der Waals surface area contributed by atoms with Gasteiger partial charge in [0.1, 0.15) is 11.3 Å². The highest BCUT2D eigenvalue weighted by atomic mass is 16.4. The van der Waals surface area contributed by atoms with E-state index >= 15 is 0 Å². The van der Waals surface area contributed by atoms with Gasteiger partial charge in [-0.2, -0.15) is 0 Å². The summed E-state index contributed by atoms with van der Waals surface area (Å²) >= 11 is 0. The van der Waals surface area contributed by atoms with Crippen LogP contribution in [0.3, 0.4) is 0 Å². The molecule has 96 valence electrons. The van der Waals surface area contributed by atoms with Gasteiger partial charge >= 0.3 is 5.97 Å². The molecule has 1 aliphatic rings. The van der Waals surface area contributed by atoms with Crippen LogP contribution >= 0.6 is 0 Å². The normalized spacial score (nSPS) is 17.3. The molecule has 0 atom stereocenters. The van der Waals surface area contributed by atoms with E-state index in [1.807, 2.05) is 0 Å². The minimum Gasteiger partial charge on any atom is -0.507 e. The van der Waals surface area contributed by atoms with E-state index in [0.29, 0.717) is 12.8 Å². The highest BCUT2D eigenvalue weighted by Gasteiger charge is 2.42. The molecule has 0 saturated heterocycles. The van der Waals surface area contributed by atoms with Gasteiger partial charge in [0.25, 0.3) is 5.91 Å². The van der Waals surface area contributed by atoms with Gasteiger partial charge in [0.2, 0.25) is 0 Å². The maximum absolute atomic E-state index is 12.0. The van der Waals surface area contributed by atoms with Gasteiger partial charge in [0, 0.05) is 0 Å². The summed E-state index contributed by atoms with van der Waals surface area (Å²) in [5.41, 5.74) is -1.08. The fourth-order valence-corrected chi connectivity index (χ4v) is 2.32. The number of rotatable bonds is 3. The number of carboxylic acid groups (broad SMARTS) is 1. The zero-order valence-electron chi connectivity index (χ0n) is 9.85. The van der Waals surface area contributed by atoms with E-state index in [4.69, 9.17) is 0 Å². The Morgan fingerprint density at radius 2 is 1.78 bits per heavy atom. The molecular weight excluding hydrogens is 234 g/mol. The number of benzene rings is 1. The molecule has 0 aromatic heterocycles. The topological polar surface area (TPSA) is 86.6 Å². The number of hydrogen-bond donors (Lipinski definition) is 3. The Balaban J connectivity index is 2.21. The van der Waals surface area contributed by atoms with Crippen molar-refractivity contribution >= 4 is 11.9 Å². The zero-order valence-corrected chi connectivity index (χ0v) is 9.85. The van der Waals surface area contributed by atoms with E-state index in [1.54, 1.807) is 12.1 Å². The van der Waals surface area contributed by atoms with Crippen LogP contribution in [0.25, 0.3) is 0 Å². The zero-order chi connectivity index (χ0) is 13.2. The van der Waals surface area contributed by atoms with Crippen LogP contribution < -0.4 is 5.32 Å². The SMILES string of the molecule is O=C(NC1(C(=O)O)CCCC1)c1ccccc1O. The Bertz CT molecular complexity index is 478. The molecule has 1 aliphatic carbocycles. The third kappa shape index (κ3) is 2.16. The smallest absolute Gasteiger partial charge is 0.329 e. The Morgan fingerprint density at radius 3 is 2.33 bits per heavy atom. The molecule has 0 aliphatic heterocycles. The van der Waals surface area contributed by atoms with Crippen LogP contribution in [0.1, 0.15) is 36.0 Å². The van der Waals surface area contributed by atoms with Gasteiger partial charge in [0.15, 0.2) is 0 Å². The van der Waals surface area contributed by atoms with Crippen molar-refractivity contribution in [1.29, 1.82) is 0 Å². The third-order valence-electron chi connectivity index (χ3n) is 3.37. The molecule has 5 heteroatoms. The molecule has 3 N–H and O–H groups in total. The monoisotopic (exact) mass is 249 g/mol. The van der Waals surface area contributed by atoms with Gasteiger partial charge in [-0.05, 0) is 25.0 Å². The van der Waals surface area contributed by atoms with Gasteiger partial charge in [-0.1, -0.05) is 25.0 Å². The maximum Gasteiger partial charge on any atom is 0.329 e. The van der Waals surface area contributed by atoms with Gasteiger partial charge in [-0.15, -0.1) is 0 Å². The lowest BCUT2D eigenvalue weighted by molar-refractivity contribution is -0.144. The Labute approximate surface area is 104 Å². The number of para-hydroxylation sites is 1. The van der Waals surface area contributed by atoms with Crippen molar-refractivity contribution in [3.05, 3.63) is 29.8 Å². The second-order valence-electron chi connectivity index (χ2n) is 4.57. The van der Waals surface area contributed by atoms with Crippen molar-refractivity contribution in [2.75, 3.05) is 0 Å². The van der Waals surface area contributed by atoms with Crippen LogP contribution in [-0.4, -0.2) is 27.6 Å². The van der Waals surface area contributed by atoms with Crippen molar-refractivity contribution in [3.63, 3.8) is 0 Å². The molecule has 1 saturated carbocycles. The van der Waals surface area contributed by atoms with Gasteiger partial charge in [-0.25, -0.2) is 4.79 Å². The molecule has 0 bridgehead atoms. The Morgan fingerprint density at radius 1 is 1.17 bits per heavy atom. The number of phenols is 1. The quantitative estimate of drug-likeness (QED) is 0.758. The first-order valence-corrected chi connectivity index (χ1v) is 5.89. The fraction of sp³-hybridized carbons (Fsp3) is 0.385. The van der Waals surface area contributed by atoms with E-state index < -0.39 is 17.4 Å². The number of aliphatic carboxylic acids is 1. The molecule has 5 nitrogen and oxygen atoms in total. The van der Waals surface area contributed by atoms with Gasteiger partial charge < -0.3 is 15.5 Å². The molecule has 1 aromatic rings. The maximum atomic E-state index is 12.0. The van der Waals surface area contributed by atoms with Crippen molar-refractivity contribution in [2.24, 2.45) is 0 Å². The Hall–Kier alpha value is -2.04. The number of hydrogen-bond acceptors (Lipinski definition) is 3. The van der Waals surface area contributed by atoms with E-state index in [-0.39, 0.29) is 11.3 Å². The lowest BCUT2D eigenvalue weighted by Crippen LogP contribution is -2.52. The molecule has 0 heterocycles. The van der Waals surface area contributed by atoms with E-state index in [1.165, 1.54) is 12.1 Å². The van der Waals surface area contributed by atoms with Crippen LogP contribution in [0.15, 0.2) is 24.3 Å². The highest BCUT2D eigenvalue weighted by molar-refractivity contribution is 5.99. The van der Waals surface area contributed by atoms with Crippen LogP contribution in [0.2, 0.25) is 0 Å². The summed E-state index contributed by atoms with van der Waals surface area (Å²) in [6.45, 7) is 0. The fourth-order valence-electron chi connectivity index (χ4n) is 2.32. The van der Waals surface area contributed by atoms with Crippen LogP contribution in [-0.2, 0) is 4.79 Å². The van der Waals surface area contributed by atoms with Crippen LogP contribution in [0.5, 0.6) is 5.75 Å². The summed E-state index contributed by atoms with van der Waals surface area (Å²) in [5.74, 6) is -1.70. The lowest BCUT2D eigenvalue weighted by Gasteiger charge is -2.25. The number of aromatic hydroxyl groups is 1. The lowest BCUT2D eigenvalue weighted by atomic mass is 9.97. The number of phenolic OH excluding ortho intramolecular Hbond substituents is 1. The molecule has 0 unspecified atom stereocenters. The van der Waals surface area contributed by atoms with Crippen molar-refractivity contribution in [3.8, 4) is 5.75 Å². The molecule has 18 heavy (non-hydrogen) atoms. The summed E-state index contributed by atoms with van der Waals surface area (Å²) in [6, 6.07) is 6.09. The second-order valence-corrected chi connectivity index (χ2v) is 4.57. The molecule has 1 aromatic carbocycles. The third-order valence-corrected chi connectivity index (χ3v) is 3.37. The molecular formula is C13H15NO4. The predicted octanol–water partition coefficient (Wildman–Crippen LogP) is 1.52. The first kappa shape index (κ1) is 12.4. The largest absolute Gasteiger partial charge is 0.507 e. The highest BCUT2D eigenvalue weighted by Crippen LogP contribution is 2.30. The summed E-state index contributed by atoms with van der Waals surface area (Å²) in [7, 11) is 0. The first-order valence-electron chi connectivity index (χ1n) is 5.89. The molecule has 2 rings (SSSR count). The number of nitrogens with one attached hydrogen (secondary N) is 1. The summed E-state index contributed by atoms with van der Waals surface area (Å²) in [5, 5.41) is 21.4. The average Bonchev–Trinajstić information content (AvgIpc) is 2.79. The summed E-state index contributed by atoms with van der Waals surface area (Å²) in [4.78, 5) is 23.3. The molecule has 1 amide bonds. The summed E-state index contributed by atoms with van der Waals surface area (Å²) in [6.07, 6.45) is 2.43. The van der Waals surface area contributed by atoms with Crippen LogP contribution in [0, 0.1) is 0 Å². The van der Waals surface area contributed by atoms with E-state index in [9.17, 15) is 19.8 Å².